The minimum Gasteiger partial charge on any atom is -0.478 e. The molecule has 0 spiro atoms. The smallest absolute Gasteiger partial charge is 0.335 e. The van der Waals surface area contributed by atoms with Gasteiger partial charge in [-0.15, -0.1) is 0 Å². The highest BCUT2D eigenvalue weighted by Crippen LogP contribution is 2.26. The molecule has 1 aromatic carbocycles. The average Bonchev–Trinajstić information content (AvgIpc) is 2.52. The van der Waals surface area contributed by atoms with Crippen LogP contribution in [0, 0.1) is 0 Å². The van der Waals surface area contributed by atoms with Gasteiger partial charge in [-0.25, -0.2) is 14.8 Å². The second-order valence-electron chi connectivity index (χ2n) is 5.03. The minimum atomic E-state index is -0.989. The second kappa shape index (κ2) is 6.05. The lowest BCUT2D eigenvalue weighted by atomic mass is 9.93. The third-order valence-corrected chi connectivity index (χ3v) is 3.92. The molecule has 1 heterocycles. The van der Waals surface area contributed by atoms with Crippen LogP contribution in [-0.2, 0) is 0 Å². The Labute approximate surface area is 122 Å². The van der Waals surface area contributed by atoms with Gasteiger partial charge in [0.1, 0.15) is 12.1 Å². The quantitative estimate of drug-likeness (QED) is 0.755. The molecule has 0 aliphatic rings. The fourth-order valence-corrected chi connectivity index (χ4v) is 2.23. The number of nitrogens with zero attached hydrogens (tertiary/aromatic N) is 2. The maximum Gasteiger partial charge on any atom is 0.335 e. The van der Waals surface area contributed by atoms with Gasteiger partial charge in [-0.1, -0.05) is 13.8 Å². The van der Waals surface area contributed by atoms with Crippen LogP contribution < -0.4 is 5.32 Å². The van der Waals surface area contributed by atoms with Crippen molar-refractivity contribution in [1.82, 2.24) is 9.97 Å². The van der Waals surface area contributed by atoms with Crippen LogP contribution in [0.1, 0.15) is 37.0 Å². The van der Waals surface area contributed by atoms with Gasteiger partial charge >= 0.3 is 5.97 Å². The zero-order valence-electron chi connectivity index (χ0n) is 12.1. The van der Waals surface area contributed by atoms with E-state index in [1.54, 1.807) is 6.07 Å². The third kappa shape index (κ3) is 2.95. The van der Waals surface area contributed by atoms with Crippen molar-refractivity contribution in [3.05, 3.63) is 30.1 Å². The zero-order valence-corrected chi connectivity index (χ0v) is 12.1. The van der Waals surface area contributed by atoms with Crippen molar-refractivity contribution in [2.75, 3.05) is 11.9 Å². The standard InChI is InChI=1S/C15H19N3O3/c1-3-15(4-2,8-19)18-13-11-6-5-10(14(20)21)7-12(11)16-9-17-13/h5-7,9,19H,3-4,8H2,1-2H3,(H,20,21)(H,16,17,18). The molecule has 6 heteroatoms. The van der Waals surface area contributed by atoms with E-state index in [0.29, 0.717) is 11.3 Å². The largest absolute Gasteiger partial charge is 0.478 e. The Morgan fingerprint density at radius 2 is 2.00 bits per heavy atom. The van der Waals surface area contributed by atoms with E-state index in [9.17, 15) is 9.90 Å². The van der Waals surface area contributed by atoms with Crippen molar-refractivity contribution < 1.29 is 15.0 Å². The fourth-order valence-electron chi connectivity index (χ4n) is 2.23. The molecular weight excluding hydrogens is 270 g/mol. The van der Waals surface area contributed by atoms with Gasteiger partial charge in [-0.3, -0.25) is 0 Å². The van der Waals surface area contributed by atoms with Crippen LogP contribution >= 0.6 is 0 Å². The van der Waals surface area contributed by atoms with Gasteiger partial charge < -0.3 is 15.5 Å². The number of anilines is 1. The number of aliphatic hydroxyl groups excluding tert-OH is 1. The normalized spacial score (nSPS) is 11.6. The van der Waals surface area contributed by atoms with Gasteiger partial charge in [0.25, 0.3) is 0 Å². The van der Waals surface area contributed by atoms with E-state index >= 15 is 0 Å². The van der Waals surface area contributed by atoms with E-state index in [0.717, 1.165) is 18.2 Å². The summed E-state index contributed by atoms with van der Waals surface area (Å²) in [7, 11) is 0. The van der Waals surface area contributed by atoms with Gasteiger partial charge in [0.15, 0.2) is 0 Å². The van der Waals surface area contributed by atoms with Crippen molar-refractivity contribution >= 4 is 22.7 Å². The van der Waals surface area contributed by atoms with Crippen molar-refractivity contribution in [1.29, 1.82) is 0 Å². The summed E-state index contributed by atoms with van der Waals surface area (Å²) in [6, 6.07) is 4.73. The Bertz CT molecular complexity index is 645. The Hall–Kier alpha value is -2.21. The predicted octanol–water partition coefficient (Wildman–Crippen LogP) is 2.29. The van der Waals surface area contributed by atoms with Crippen molar-refractivity contribution in [2.45, 2.75) is 32.2 Å². The average molecular weight is 289 g/mol. The molecule has 0 saturated carbocycles. The Balaban J connectivity index is 2.48. The van der Waals surface area contributed by atoms with Crippen LogP contribution in [0.4, 0.5) is 5.82 Å². The van der Waals surface area contributed by atoms with E-state index in [-0.39, 0.29) is 12.2 Å². The first-order valence-corrected chi connectivity index (χ1v) is 6.92. The molecule has 0 aliphatic heterocycles. The molecule has 21 heavy (non-hydrogen) atoms. The molecule has 0 saturated heterocycles. The molecule has 3 N–H and O–H groups in total. The predicted molar refractivity (Wildman–Crippen MR) is 80.5 cm³/mol. The molecule has 2 rings (SSSR count). The molecule has 0 amide bonds. The summed E-state index contributed by atoms with van der Waals surface area (Å²) in [6.07, 6.45) is 2.89. The Kier molecular flexibility index (Phi) is 4.37. The lowest BCUT2D eigenvalue weighted by Crippen LogP contribution is -2.41. The number of nitrogens with one attached hydrogen (secondary N) is 1. The van der Waals surface area contributed by atoms with E-state index in [2.05, 4.69) is 15.3 Å². The number of carboxylic acid groups (broad SMARTS) is 1. The summed E-state index contributed by atoms with van der Waals surface area (Å²) >= 11 is 0. The molecular formula is C15H19N3O3. The number of carboxylic acids is 1. The Morgan fingerprint density at radius 1 is 1.29 bits per heavy atom. The fraction of sp³-hybridized carbons (Fsp3) is 0.400. The van der Waals surface area contributed by atoms with E-state index < -0.39 is 11.5 Å². The monoisotopic (exact) mass is 289 g/mol. The first-order chi connectivity index (χ1) is 10.0. The number of benzene rings is 1. The molecule has 2 aromatic rings. The lowest BCUT2D eigenvalue weighted by Gasteiger charge is -2.31. The SMILES string of the molecule is CCC(CC)(CO)Nc1ncnc2cc(C(=O)O)ccc12. The number of hydrogen-bond acceptors (Lipinski definition) is 5. The van der Waals surface area contributed by atoms with Crippen LogP contribution in [0.5, 0.6) is 0 Å². The first kappa shape index (κ1) is 15.2. The summed E-state index contributed by atoms with van der Waals surface area (Å²) in [5.74, 6) is -0.383. The van der Waals surface area contributed by atoms with Crippen molar-refractivity contribution in [3.8, 4) is 0 Å². The number of carbonyl (C=O) groups is 1. The molecule has 0 radical (unpaired) electrons. The number of hydrogen-bond donors (Lipinski definition) is 3. The maximum absolute atomic E-state index is 11.0. The molecule has 0 unspecified atom stereocenters. The molecule has 0 aliphatic carbocycles. The van der Waals surface area contributed by atoms with Crippen LogP contribution in [-0.4, -0.2) is 38.3 Å². The van der Waals surface area contributed by atoms with E-state index in [1.807, 2.05) is 13.8 Å². The number of aliphatic hydroxyl groups is 1. The van der Waals surface area contributed by atoms with Gasteiger partial charge in [0, 0.05) is 5.39 Å². The van der Waals surface area contributed by atoms with Gasteiger partial charge in [0.2, 0.25) is 0 Å². The first-order valence-electron chi connectivity index (χ1n) is 6.92. The summed E-state index contributed by atoms with van der Waals surface area (Å²) < 4.78 is 0. The van der Waals surface area contributed by atoms with Crippen LogP contribution in [0.15, 0.2) is 24.5 Å². The highest BCUT2D eigenvalue weighted by Gasteiger charge is 2.26. The molecule has 1 aromatic heterocycles. The molecule has 112 valence electrons. The Morgan fingerprint density at radius 3 is 2.57 bits per heavy atom. The third-order valence-electron chi connectivity index (χ3n) is 3.92. The number of rotatable bonds is 6. The highest BCUT2D eigenvalue weighted by molar-refractivity contribution is 5.96. The topological polar surface area (TPSA) is 95.3 Å². The second-order valence-corrected chi connectivity index (χ2v) is 5.03. The van der Waals surface area contributed by atoms with Crippen molar-refractivity contribution in [2.24, 2.45) is 0 Å². The maximum atomic E-state index is 11.0. The zero-order chi connectivity index (χ0) is 15.5. The number of aromatic carboxylic acids is 1. The number of fused-ring (bicyclic) bond motifs is 1. The van der Waals surface area contributed by atoms with Gasteiger partial charge in [0.05, 0.1) is 23.2 Å². The van der Waals surface area contributed by atoms with Crippen molar-refractivity contribution in [3.63, 3.8) is 0 Å². The van der Waals surface area contributed by atoms with Gasteiger partial charge in [-0.05, 0) is 31.0 Å². The minimum absolute atomic E-state index is 0.00128. The summed E-state index contributed by atoms with van der Waals surface area (Å²) in [5, 5.41) is 22.7. The van der Waals surface area contributed by atoms with Crippen LogP contribution in [0.2, 0.25) is 0 Å². The van der Waals surface area contributed by atoms with E-state index in [1.165, 1.54) is 18.5 Å². The summed E-state index contributed by atoms with van der Waals surface area (Å²) in [6.45, 7) is 4.00. The highest BCUT2D eigenvalue weighted by atomic mass is 16.4. The molecule has 0 fully saturated rings. The molecule has 0 bridgehead atoms. The van der Waals surface area contributed by atoms with Crippen LogP contribution in [0.3, 0.4) is 0 Å². The van der Waals surface area contributed by atoms with E-state index in [4.69, 9.17) is 5.11 Å². The number of aromatic nitrogens is 2. The summed E-state index contributed by atoms with van der Waals surface area (Å²) in [5.41, 5.74) is 0.310. The molecule has 6 nitrogen and oxygen atoms in total. The molecule has 0 atom stereocenters. The lowest BCUT2D eigenvalue weighted by molar-refractivity contribution is 0.0697. The summed E-state index contributed by atoms with van der Waals surface area (Å²) in [4.78, 5) is 19.4. The van der Waals surface area contributed by atoms with Gasteiger partial charge in [-0.2, -0.15) is 0 Å². The van der Waals surface area contributed by atoms with Crippen LogP contribution in [0.25, 0.3) is 10.9 Å².